The third kappa shape index (κ3) is 5.98. The summed E-state index contributed by atoms with van der Waals surface area (Å²) in [6.45, 7) is 10.9. The Labute approximate surface area is 142 Å². The predicted octanol–water partition coefficient (Wildman–Crippen LogP) is 4.19. The zero-order chi connectivity index (χ0) is 16.9. The van der Waals surface area contributed by atoms with Crippen LogP contribution in [0.5, 0.6) is 0 Å². The molecule has 1 saturated carbocycles. The minimum atomic E-state index is -0.396. The van der Waals surface area contributed by atoms with Gasteiger partial charge >= 0.3 is 6.09 Å². The molecule has 1 aliphatic heterocycles. The van der Waals surface area contributed by atoms with Gasteiger partial charge in [-0.05, 0) is 64.8 Å². The van der Waals surface area contributed by atoms with Crippen LogP contribution in [0.3, 0.4) is 0 Å². The molecule has 134 valence electrons. The Morgan fingerprint density at radius 2 is 1.96 bits per heavy atom. The highest BCUT2D eigenvalue weighted by molar-refractivity contribution is 5.68. The van der Waals surface area contributed by atoms with E-state index in [1.165, 1.54) is 38.5 Å². The summed E-state index contributed by atoms with van der Waals surface area (Å²) in [4.78, 5) is 14.0. The molecule has 0 aromatic carbocycles. The van der Waals surface area contributed by atoms with Crippen molar-refractivity contribution in [3.05, 3.63) is 0 Å². The summed E-state index contributed by atoms with van der Waals surface area (Å²) in [6, 6.07) is 0.720. The zero-order valence-electron chi connectivity index (χ0n) is 15.6. The van der Waals surface area contributed by atoms with E-state index < -0.39 is 5.60 Å². The quantitative estimate of drug-likeness (QED) is 0.824. The molecule has 1 saturated heterocycles. The predicted molar refractivity (Wildman–Crippen MR) is 94.6 cm³/mol. The lowest BCUT2D eigenvalue weighted by Gasteiger charge is -2.32. The maximum Gasteiger partial charge on any atom is 0.410 e. The lowest BCUT2D eigenvalue weighted by molar-refractivity contribution is 0.0287. The SMILES string of the molecule is CCC1CCCCC1NCCC1CCN(C(=O)OC(C)(C)C)C1. The highest BCUT2D eigenvalue weighted by atomic mass is 16.6. The van der Waals surface area contributed by atoms with Crippen molar-refractivity contribution in [2.24, 2.45) is 11.8 Å². The van der Waals surface area contributed by atoms with E-state index in [9.17, 15) is 4.79 Å². The molecule has 0 aromatic heterocycles. The lowest BCUT2D eigenvalue weighted by Crippen LogP contribution is -2.39. The molecular formula is C19H36N2O2. The van der Waals surface area contributed by atoms with Gasteiger partial charge in [0.2, 0.25) is 0 Å². The van der Waals surface area contributed by atoms with Crippen LogP contribution in [0.2, 0.25) is 0 Å². The summed E-state index contributed by atoms with van der Waals surface area (Å²) < 4.78 is 5.47. The molecule has 4 heteroatoms. The molecule has 3 unspecified atom stereocenters. The van der Waals surface area contributed by atoms with Crippen molar-refractivity contribution in [2.45, 2.75) is 84.3 Å². The molecule has 1 heterocycles. The van der Waals surface area contributed by atoms with Crippen LogP contribution in [0.15, 0.2) is 0 Å². The van der Waals surface area contributed by atoms with Gasteiger partial charge in [-0.15, -0.1) is 0 Å². The second-order valence-corrected chi connectivity index (χ2v) is 8.38. The van der Waals surface area contributed by atoms with Crippen LogP contribution in [0.25, 0.3) is 0 Å². The van der Waals surface area contributed by atoms with E-state index in [-0.39, 0.29) is 6.09 Å². The van der Waals surface area contributed by atoms with Gasteiger partial charge in [-0.2, -0.15) is 0 Å². The molecular weight excluding hydrogens is 288 g/mol. The van der Waals surface area contributed by atoms with Crippen molar-refractivity contribution in [3.63, 3.8) is 0 Å². The van der Waals surface area contributed by atoms with Gasteiger partial charge in [0, 0.05) is 19.1 Å². The summed E-state index contributed by atoms with van der Waals surface area (Å²) in [5, 5.41) is 3.80. The molecule has 2 aliphatic rings. The fourth-order valence-corrected chi connectivity index (χ4v) is 4.00. The maximum absolute atomic E-state index is 12.1. The summed E-state index contributed by atoms with van der Waals surface area (Å²) >= 11 is 0. The van der Waals surface area contributed by atoms with Crippen molar-refractivity contribution >= 4 is 6.09 Å². The van der Waals surface area contributed by atoms with E-state index in [0.29, 0.717) is 5.92 Å². The molecule has 2 fully saturated rings. The standard InChI is InChI=1S/C19H36N2O2/c1-5-16-8-6-7-9-17(16)20-12-10-15-11-13-21(14-15)18(22)23-19(2,3)4/h15-17,20H,5-14H2,1-4H3. The van der Waals surface area contributed by atoms with Crippen molar-refractivity contribution in [3.8, 4) is 0 Å². The Bertz CT molecular complexity index is 378. The molecule has 1 N–H and O–H groups in total. The Morgan fingerprint density at radius 3 is 2.65 bits per heavy atom. The maximum atomic E-state index is 12.1. The average Bonchev–Trinajstić information content (AvgIpc) is 2.95. The first-order valence-corrected chi connectivity index (χ1v) is 9.60. The monoisotopic (exact) mass is 324 g/mol. The first-order chi connectivity index (χ1) is 10.9. The van der Waals surface area contributed by atoms with E-state index in [2.05, 4.69) is 12.2 Å². The van der Waals surface area contributed by atoms with Crippen molar-refractivity contribution in [1.29, 1.82) is 0 Å². The van der Waals surface area contributed by atoms with E-state index in [1.807, 2.05) is 25.7 Å². The van der Waals surface area contributed by atoms with Gasteiger partial charge in [-0.25, -0.2) is 4.79 Å². The molecule has 1 aliphatic carbocycles. The number of carbonyl (C=O) groups is 1. The van der Waals surface area contributed by atoms with Crippen molar-refractivity contribution in [2.75, 3.05) is 19.6 Å². The average molecular weight is 325 g/mol. The summed E-state index contributed by atoms with van der Waals surface area (Å²) in [7, 11) is 0. The van der Waals surface area contributed by atoms with Crippen molar-refractivity contribution in [1.82, 2.24) is 10.2 Å². The van der Waals surface area contributed by atoms with Crippen LogP contribution in [0.4, 0.5) is 4.79 Å². The number of nitrogens with zero attached hydrogens (tertiary/aromatic N) is 1. The number of carbonyl (C=O) groups excluding carboxylic acids is 1. The molecule has 0 radical (unpaired) electrons. The number of hydrogen-bond donors (Lipinski definition) is 1. The fourth-order valence-electron chi connectivity index (χ4n) is 4.00. The molecule has 0 spiro atoms. The number of rotatable bonds is 5. The molecule has 23 heavy (non-hydrogen) atoms. The molecule has 1 amide bonds. The van der Waals surface area contributed by atoms with E-state index in [4.69, 9.17) is 4.74 Å². The molecule has 2 rings (SSSR count). The Kier molecular flexibility index (Phi) is 6.75. The molecule has 3 atom stereocenters. The van der Waals surface area contributed by atoms with Gasteiger partial charge in [0.05, 0.1) is 0 Å². The van der Waals surface area contributed by atoms with Crippen LogP contribution in [0, 0.1) is 11.8 Å². The number of likely N-dealkylation sites (tertiary alicyclic amines) is 1. The van der Waals surface area contributed by atoms with Crippen LogP contribution < -0.4 is 5.32 Å². The Balaban J connectivity index is 1.66. The minimum absolute atomic E-state index is 0.147. The Morgan fingerprint density at radius 1 is 1.22 bits per heavy atom. The largest absolute Gasteiger partial charge is 0.444 e. The zero-order valence-corrected chi connectivity index (χ0v) is 15.6. The minimum Gasteiger partial charge on any atom is -0.444 e. The molecule has 4 nitrogen and oxygen atoms in total. The Hall–Kier alpha value is -0.770. The second-order valence-electron chi connectivity index (χ2n) is 8.38. The summed E-state index contributed by atoms with van der Waals surface area (Å²) in [5.41, 5.74) is -0.396. The normalized spacial score (nSPS) is 28.9. The van der Waals surface area contributed by atoms with Gasteiger partial charge in [-0.3, -0.25) is 0 Å². The second kappa shape index (κ2) is 8.36. The van der Waals surface area contributed by atoms with Crippen LogP contribution in [-0.2, 0) is 4.74 Å². The number of amides is 1. The van der Waals surface area contributed by atoms with Crippen molar-refractivity contribution < 1.29 is 9.53 Å². The van der Waals surface area contributed by atoms with Crippen LogP contribution in [0.1, 0.15) is 72.6 Å². The van der Waals surface area contributed by atoms with Gasteiger partial charge in [0.15, 0.2) is 0 Å². The number of ether oxygens (including phenoxy) is 1. The smallest absolute Gasteiger partial charge is 0.410 e. The fraction of sp³-hybridized carbons (Fsp3) is 0.947. The summed E-state index contributed by atoms with van der Waals surface area (Å²) in [5.74, 6) is 1.49. The van der Waals surface area contributed by atoms with E-state index in [1.54, 1.807) is 0 Å². The number of nitrogens with one attached hydrogen (secondary N) is 1. The summed E-state index contributed by atoms with van der Waals surface area (Å²) in [6.07, 6.45) is 8.96. The van der Waals surface area contributed by atoms with Gasteiger partial charge in [0.25, 0.3) is 0 Å². The third-order valence-corrected chi connectivity index (χ3v) is 5.33. The first kappa shape index (κ1) is 18.6. The molecule has 0 aromatic rings. The van der Waals surface area contributed by atoms with Gasteiger partial charge in [0.1, 0.15) is 5.60 Å². The van der Waals surface area contributed by atoms with E-state index in [0.717, 1.165) is 38.0 Å². The topological polar surface area (TPSA) is 41.6 Å². The lowest BCUT2D eigenvalue weighted by atomic mass is 9.83. The van der Waals surface area contributed by atoms with Gasteiger partial charge < -0.3 is 15.0 Å². The number of hydrogen-bond acceptors (Lipinski definition) is 3. The van der Waals surface area contributed by atoms with Gasteiger partial charge in [-0.1, -0.05) is 26.2 Å². The molecule has 0 bridgehead atoms. The van der Waals surface area contributed by atoms with Crippen LogP contribution >= 0.6 is 0 Å². The highest BCUT2D eigenvalue weighted by Crippen LogP contribution is 2.27. The third-order valence-electron chi connectivity index (χ3n) is 5.33. The van der Waals surface area contributed by atoms with E-state index >= 15 is 0 Å². The van der Waals surface area contributed by atoms with Crippen LogP contribution in [-0.4, -0.2) is 42.3 Å². The highest BCUT2D eigenvalue weighted by Gasteiger charge is 2.30. The first-order valence-electron chi connectivity index (χ1n) is 9.60.